The van der Waals surface area contributed by atoms with Crippen molar-refractivity contribution in [3.05, 3.63) is 52.9 Å². The van der Waals surface area contributed by atoms with E-state index in [-0.39, 0.29) is 12.4 Å². The molecule has 6 N–H and O–H groups in total. The summed E-state index contributed by atoms with van der Waals surface area (Å²) in [6.45, 7) is -0.347. The first-order valence-corrected chi connectivity index (χ1v) is 8.96. The number of nitrogens with zero attached hydrogens (tertiary/aromatic N) is 3. The van der Waals surface area contributed by atoms with Crippen LogP contribution in [-0.2, 0) is 11.3 Å². The molecule has 1 aliphatic heterocycles. The van der Waals surface area contributed by atoms with E-state index in [1.54, 1.807) is 24.4 Å². The summed E-state index contributed by atoms with van der Waals surface area (Å²) in [6.07, 6.45) is -3.22. The number of aromatic nitrogens is 3. The Morgan fingerprint density at radius 3 is 2.75 bits per heavy atom. The second kappa shape index (κ2) is 7.28. The highest BCUT2D eigenvalue weighted by atomic mass is 35.5. The quantitative estimate of drug-likeness (QED) is 0.421. The van der Waals surface area contributed by atoms with Gasteiger partial charge in [-0.1, -0.05) is 17.7 Å². The van der Waals surface area contributed by atoms with Crippen LogP contribution in [0.1, 0.15) is 23.5 Å². The Morgan fingerprint density at radius 2 is 2.00 bits per heavy atom. The van der Waals surface area contributed by atoms with Crippen LogP contribution in [0.2, 0.25) is 5.02 Å². The van der Waals surface area contributed by atoms with Crippen molar-refractivity contribution in [1.82, 2.24) is 14.5 Å². The second-order valence-electron chi connectivity index (χ2n) is 6.64. The maximum Gasteiger partial charge on any atom is 0.164 e. The van der Waals surface area contributed by atoms with Gasteiger partial charge in [-0.15, -0.1) is 0 Å². The van der Waals surface area contributed by atoms with E-state index < -0.39 is 30.6 Å². The molecule has 1 aliphatic rings. The molecular formula is C18H19ClN4O5. The molecular weight excluding hydrogens is 388 g/mol. The molecule has 28 heavy (non-hydrogen) atoms. The fourth-order valence-corrected chi connectivity index (χ4v) is 3.74. The van der Waals surface area contributed by atoms with Crippen LogP contribution in [-0.4, -0.2) is 53.3 Å². The maximum absolute atomic E-state index is 10.8. The number of hydrogen-bond donors (Lipinski definition) is 5. The third kappa shape index (κ3) is 3.02. The van der Waals surface area contributed by atoms with E-state index in [4.69, 9.17) is 22.1 Å². The Morgan fingerprint density at radius 1 is 1.21 bits per heavy atom. The van der Waals surface area contributed by atoms with E-state index in [2.05, 4.69) is 9.97 Å². The van der Waals surface area contributed by atoms with Gasteiger partial charge in [0, 0.05) is 11.2 Å². The summed E-state index contributed by atoms with van der Waals surface area (Å²) >= 11 is 5.93. The van der Waals surface area contributed by atoms with Crippen molar-refractivity contribution in [2.75, 3.05) is 5.73 Å². The van der Waals surface area contributed by atoms with Crippen molar-refractivity contribution in [3.8, 4) is 0 Å². The SMILES string of the molecule is Nc1ncnc2c1ccn2C1OC([C@H](O)c2ccc(Cl)cc2CO)C(O)C1O. The number of nitrogens with two attached hydrogens (primary N) is 1. The summed E-state index contributed by atoms with van der Waals surface area (Å²) in [5.74, 6) is 0.280. The average Bonchev–Trinajstić information content (AvgIpc) is 3.24. The highest BCUT2D eigenvalue weighted by molar-refractivity contribution is 6.30. The zero-order valence-electron chi connectivity index (χ0n) is 14.6. The topological polar surface area (TPSA) is 147 Å². The van der Waals surface area contributed by atoms with Gasteiger partial charge in [-0.25, -0.2) is 9.97 Å². The van der Waals surface area contributed by atoms with E-state index in [1.807, 2.05) is 0 Å². The van der Waals surface area contributed by atoms with Gasteiger partial charge in [0.05, 0.1) is 12.0 Å². The second-order valence-corrected chi connectivity index (χ2v) is 7.07. The van der Waals surface area contributed by atoms with Gasteiger partial charge < -0.3 is 35.5 Å². The number of fused-ring (bicyclic) bond motifs is 1. The van der Waals surface area contributed by atoms with E-state index in [9.17, 15) is 20.4 Å². The van der Waals surface area contributed by atoms with Gasteiger partial charge >= 0.3 is 0 Å². The minimum Gasteiger partial charge on any atom is -0.392 e. The van der Waals surface area contributed by atoms with Crippen LogP contribution in [0.3, 0.4) is 0 Å². The van der Waals surface area contributed by atoms with Crippen molar-refractivity contribution in [2.45, 2.75) is 37.3 Å². The molecule has 4 rings (SSSR count). The molecule has 3 aromatic rings. The standard InChI is InChI=1S/C18H19ClN4O5/c19-9-1-2-10(8(5-9)6-24)12(25)15-13(26)14(27)18(28-15)23-4-3-11-16(20)21-7-22-17(11)23/h1-5,7,12-15,18,24-27H,6H2,(H2,20,21,22)/t12-,13?,14?,15?,18?/m1/s1. The number of rotatable bonds is 4. The molecule has 2 aromatic heterocycles. The number of nitrogen functional groups attached to an aromatic ring is 1. The van der Waals surface area contributed by atoms with Gasteiger partial charge in [0.25, 0.3) is 0 Å². The van der Waals surface area contributed by atoms with Gasteiger partial charge in [-0.2, -0.15) is 0 Å². The molecule has 1 aromatic carbocycles. The molecule has 10 heteroatoms. The first-order chi connectivity index (χ1) is 13.4. The van der Waals surface area contributed by atoms with Crippen LogP contribution in [0.25, 0.3) is 11.0 Å². The zero-order chi connectivity index (χ0) is 20.0. The monoisotopic (exact) mass is 406 g/mol. The molecule has 9 nitrogen and oxygen atoms in total. The van der Waals surface area contributed by atoms with Gasteiger partial charge in [-0.05, 0) is 29.3 Å². The molecule has 1 fully saturated rings. The maximum atomic E-state index is 10.8. The van der Waals surface area contributed by atoms with Crippen LogP contribution in [0.4, 0.5) is 5.82 Å². The number of ether oxygens (including phenoxy) is 1. The number of aliphatic hydroxyl groups is 4. The van der Waals surface area contributed by atoms with E-state index in [0.29, 0.717) is 27.2 Å². The number of benzene rings is 1. The van der Waals surface area contributed by atoms with Gasteiger partial charge in [0.15, 0.2) is 6.23 Å². The summed E-state index contributed by atoms with van der Waals surface area (Å²) in [5, 5.41) is 42.4. The van der Waals surface area contributed by atoms with Crippen molar-refractivity contribution < 1.29 is 25.2 Å². The first kappa shape index (κ1) is 19.1. The normalized spacial score (nSPS) is 26.0. The summed E-state index contributed by atoms with van der Waals surface area (Å²) in [5.41, 5.74) is 7.02. The lowest BCUT2D eigenvalue weighted by molar-refractivity contribution is -0.0852. The van der Waals surface area contributed by atoms with Crippen molar-refractivity contribution in [1.29, 1.82) is 0 Å². The van der Waals surface area contributed by atoms with Gasteiger partial charge in [0.1, 0.15) is 42.2 Å². The fraction of sp³-hybridized carbons (Fsp3) is 0.333. The van der Waals surface area contributed by atoms with E-state index >= 15 is 0 Å². The number of halogens is 1. The molecule has 148 valence electrons. The Bertz CT molecular complexity index is 1010. The molecule has 3 heterocycles. The van der Waals surface area contributed by atoms with Crippen LogP contribution in [0, 0.1) is 0 Å². The Labute approximate surface area is 164 Å². The van der Waals surface area contributed by atoms with Crippen LogP contribution >= 0.6 is 11.6 Å². The number of hydrogen-bond acceptors (Lipinski definition) is 8. The third-order valence-electron chi connectivity index (χ3n) is 4.99. The smallest absolute Gasteiger partial charge is 0.164 e. The lowest BCUT2D eigenvalue weighted by Gasteiger charge is -2.23. The molecule has 0 radical (unpaired) electrons. The lowest BCUT2D eigenvalue weighted by Crippen LogP contribution is -2.35. The first-order valence-electron chi connectivity index (χ1n) is 8.58. The van der Waals surface area contributed by atoms with Gasteiger partial charge in [-0.3, -0.25) is 0 Å². The fourth-order valence-electron chi connectivity index (χ4n) is 3.55. The van der Waals surface area contributed by atoms with Crippen molar-refractivity contribution in [2.24, 2.45) is 0 Å². The lowest BCUT2D eigenvalue weighted by atomic mass is 9.95. The largest absolute Gasteiger partial charge is 0.392 e. The van der Waals surface area contributed by atoms with Gasteiger partial charge in [0.2, 0.25) is 0 Å². The predicted molar refractivity (Wildman–Crippen MR) is 100 cm³/mol. The highest BCUT2D eigenvalue weighted by Gasteiger charge is 2.47. The molecule has 4 unspecified atom stereocenters. The Kier molecular flexibility index (Phi) is 4.96. The van der Waals surface area contributed by atoms with Crippen LogP contribution in [0.15, 0.2) is 36.8 Å². The molecule has 0 spiro atoms. The summed E-state index contributed by atoms with van der Waals surface area (Å²) < 4.78 is 7.35. The molecule has 0 saturated carbocycles. The summed E-state index contributed by atoms with van der Waals surface area (Å²) in [6, 6.07) is 6.31. The minimum atomic E-state index is -1.38. The van der Waals surface area contributed by atoms with Crippen molar-refractivity contribution >= 4 is 28.5 Å². The zero-order valence-corrected chi connectivity index (χ0v) is 15.3. The highest BCUT2D eigenvalue weighted by Crippen LogP contribution is 2.38. The Hall–Kier alpha value is -2.27. The number of aliphatic hydroxyl groups excluding tert-OH is 4. The summed E-state index contributed by atoms with van der Waals surface area (Å²) in [4.78, 5) is 8.08. The van der Waals surface area contributed by atoms with E-state index in [1.165, 1.54) is 17.0 Å². The third-order valence-corrected chi connectivity index (χ3v) is 5.23. The molecule has 0 aliphatic carbocycles. The Balaban J connectivity index is 1.67. The number of anilines is 1. The van der Waals surface area contributed by atoms with E-state index in [0.717, 1.165) is 0 Å². The molecule has 5 atom stereocenters. The van der Waals surface area contributed by atoms with Crippen LogP contribution < -0.4 is 5.73 Å². The molecule has 0 amide bonds. The summed E-state index contributed by atoms with van der Waals surface area (Å²) in [7, 11) is 0. The minimum absolute atomic E-state index is 0.280. The molecule has 0 bridgehead atoms. The molecule has 1 saturated heterocycles. The van der Waals surface area contributed by atoms with Crippen LogP contribution in [0.5, 0.6) is 0 Å². The predicted octanol–water partition coefficient (Wildman–Crippen LogP) is 0.512. The average molecular weight is 407 g/mol. The van der Waals surface area contributed by atoms with Crippen molar-refractivity contribution in [3.63, 3.8) is 0 Å².